The Morgan fingerprint density at radius 1 is 1.31 bits per heavy atom. The first kappa shape index (κ1) is 12.4. The van der Waals surface area contributed by atoms with E-state index in [9.17, 15) is 0 Å². The SMILES string of the molecule is CC(NCc1ccc(Br)s1)c1ccc(Br)o1. The van der Waals surface area contributed by atoms with Gasteiger partial charge in [0, 0.05) is 11.4 Å². The lowest BCUT2D eigenvalue weighted by Crippen LogP contribution is -2.16. The first-order chi connectivity index (χ1) is 7.65. The van der Waals surface area contributed by atoms with Gasteiger partial charge in [0.15, 0.2) is 4.67 Å². The van der Waals surface area contributed by atoms with Crippen LogP contribution in [0.4, 0.5) is 0 Å². The van der Waals surface area contributed by atoms with Crippen molar-refractivity contribution in [3.05, 3.63) is 43.4 Å². The molecule has 0 radical (unpaired) electrons. The highest BCUT2D eigenvalue weighted by Gasteiger charge is 2.09. The lowest BCUT2D eigenvalue weighted by atomic mass is 10.2. The zero-order valence-corrected chi connectivity index (χ0v) is 12.7. The van der Waals surface area contributed by atoms with E-state index in [1.54, 1.807) is 11.3 Å². The largest absolute Gasteiger partial charge is 0.453 e. The summed E-state index contributed by atoms with van der Waals surface area (Å²) < 4.78 is 7.42. The minimum Gasteiger partial charge on any atom is -0.453 e. The second-order valence-corrected chi connectivity index (χ2v) is 6.78. The summed E-state index contributed by atoms with van der Waals surface area (Å²) >= 11 is 8.50. The molecule has 2 aromatic heterocycles. The van der Waals surface area contributed by atoms with Crippen molar-refractivity contribution in [3.8, 4) is 0 Å². The summed E-state index contributed by atoms with van der Waals surface area (Å²) in [6, 6.07) is 8.29. The van der Waals surface area contributed by atoms with E-state index in [1.165, 1.54) is 4.88 Å². The van der Waals surface area contributed by atoms with Gasteiger partial charge in [-0.3, -0.25) is 0 Å². The van der Waals surface area contributed by atoms with E-state index < -0.39 is 0 Å². The molecule has 5 heteroatoms. The molecular formula is C11H11Br2NOS. The molecule has 1 unspecified atom stereocenters. The van der Waals surface area contributed by atoms with E-state index in [-0.39, 0.29) is 6.04 Å². The first-order valence-corrected chi connectivity index (χ1v) is 7.28. The molecule has 2 nitrogen and oxygen atoms in total. The molecule has 1 N–H and O–H groups in total. The molecule has 86 valence electrons. The predicted molar refractivity (Wildman–Crippen MR) is 73.7 cm³/mol. The highest BCUT2D eigenvalue weighted by Crippen LogP contribution is 2.24. The zero-order chi connectivity index (χ0) is 11.5. The van der Waals surface area contributed by atoms with E-state index in [0.29, 0.717) is 0 Å². The fraction of sp³-hybridized carbons (Fsp3) is 0.273. The van der Waals surface area contributed by atoms with Crippen molar-refractivity contribution < 1.29 is 4.42 Å². The maximum absolute atomic E-state index is 5.49. The topological polar surface area (TPSA) is 25.2 Å². The number of thiophene rings is 1. The van der Waals surface area contributed by atoms with Gasteiger partial charge in [-0.05, 0) is 63.0 Å². The third kappa shape index (κ3) is 3.20. The summed E-state index contributed by atoms with van der Waals surface area (Å²) in [6.07, 6.45) is 0. The van der Waals surface area contributed by atoms with Crippen molar-refractivity contribution in [1.82, 2.24) is 5.32 Å². The Balaban J connectivity index is 1.91. The van der Waals surface area contributed by atoms with Crippen molar-refractivity contribution in [3.63, 3.8) is 0 Å². The van der Waals surface area contributed by atoms with Gasteiger partial charge in [0.05, 0.1) is 9.83 Å². The van der Waals surface area contributed by atoms with Gasteiger partial charge in [0.1, 0.15) is 5.76 Å². The summed E-state index contributed by atoms with van der Waals surface area (Å²) in [6.45, 7) is 2.95. The lowest BCUT2D eigenvalue weighted by Gasteiger charge is -2.09. The minimum atomic E-state index is 0.215. The molecule has 16 heavy (non-hydrogen) atoms. The predicted octanol–water partition coefficient (Wildman–Crippen LogP) is 4.72. The van der Waals surface area contributed by atoms with E-state index >= 15 is 0 Å². The van der Waals surface area contributed by atoms with Crippen molar-refractivity contribution in [2.45, 2.75) is 19.5 Å². The summed E-state index contributed by atoms with van der Waals surface area (Å²) in [5.74, 6) is 0.947. The molecule has 1 atom stereocenters. The van der Waals surface area contributed by atoms with Crippen LogP contribution in [-0.4, -0.2) is 0 Å². The van der Waals surface area contributed by atoms with E-state index in [2.05, 4.69) is 56.2 Å². The molecule has 0 saturated carbocycles. The van der Waals surface area contributed by atoms with E-state index in [4.69, 9.17) is 4.42 Å². The van der Waals surface area contributed by atoms with Crippen LogP contribution < -0.4 is 5.32 Å². The van der Waals surface area contributed by atoms with Crippen LogP contribution in [0.15, 0.2) is 37.1 Å². The second kappa shape index (κ2) is 5.49. The van der Waals surface area contributed by atoms with Gasteiger partial charge in [-0.15, -0.1) is 11.3 Å². The van der Waals surface area contributed by atoms with Gasteiger partial charge in [0.25, 0.3) is 0 Å². The van der Waals surface area contributed by atoms with Gasteiger partial charge in [-0.1, -0.05) is 0 Å². The summed E-state index contributed by atoms with van der Waals surface area (Å²) in [5, 5.41) is 3.42. The molecule has 0 amide bonds. The molecule has 2 heterocycles. The van der Waals surface area contributed by atoms with Crippen LogP contribution in [0.1, 0.15) is 23.6 Å². The molecule has 0 aromatic carbocycles. The monoisotopic (exact) mass is 363 g/mol. The van der Waals surface area contributed by atoms with Crippen LogP contribution in [-0.2, 0) is 6.54 Å². The van der Waals surface area contributed by atoms with Crippen LogP contribution in [0.3, 0.4) is 0 Å². The highest BCUT2D eigenvalue weighted by atomic mass is 79.9. The van der Waals surface area contributed by atoms with Gasteiger partial charge >= 0.3 is 0 Å². The van der Waals surface area contributed by atoms with Crippen molar-refractivity contribution >= 4 is 43.2 Å². The molecule has 2 rings (SSSR count). The van der Waals surface area contributed by atoms with Gasteiger partial charge in [-0.2, -0.15) is 0 Å². The maximum atomic E-state index is 5.49. The zero-order valence-electron chi connectivity index (χ0n) is 8.67. The number of furan rings is 1. The number of rotatable bonds is 4. The quantitative estimate of drug-likeness (QED) is 0.849. The molecule has 2 aromatic rings. The average Bonchev–Trinajstić information content (AvgIpc) is 2.84. The Morgan fingerprint density at radius 2 is 2.12 bits per heavy atom. The molecule has 0 aliphatic heterocycles. The third-order valence-electron chi connectivity index (χ3n) is 2.23. The molecule has 0 bridgehead atoms. The van der Waals surface area contributed by atoms with Crippen molar-refractivity contribution in [1.29, 1.82) is 0 Å². The third-order valence-corrected chi connectivity index (χ3v) is 4.28. The maximum Gasteiger partial charge on any atom is 0.169 e. The first-order valence-electron chi connectivity index (χ1n) is 4.88. The number of hydrogen-bond donors (Lipinski definition) is 1. The fourth-order valence-corrected chi connectivity index (χ4v) is 3.12. The van der Waals surface area contributed by atoms with Crippen LogP contribution in [0.25, 0.3) is 0 Å². The Bertz CT molecular complexity index is 466. The summed E-state index contributed by atoms with van der Waals surface area (Å²) in [7, 11) is 0. The van der Waals surface area contributed by atoms with Gasteiger partial charge in [-0.25, -0.2) is 0 Å². The number of hydrogen-bond acceptors (Lipinski definition) is 3. The van der Waals surface area contributed by atoms with Crippen LogP contribution in [0, 0.1) is 0 Å². The number of nitrogens with one attached hydrogen (secondary N) is 1. The van der Waals surface area contributed by atoms with Gasteiger partial charge < -0.3 is 9.73 Å². The Kier molecular flexibility index (Phi) is 4.24. The molecule has 0 fully saturated rings. The fourth-order valence-electron chi connectivity index (χ4n) is 1.36. The summed E-state index contributed by atoms with van der Waals surface area (Å²) in [5.41, 5.74) is 0. The van der Waals surface area contributed by atoms with Gasteiger partial charge in [0.2, 0.25) is 0 Å². The van der Waals surface area contributed by atoms with Crippen LogP contribution in [0.2, 0.25) is 0 Å². The van der Waals surface area contributed by atoms with Crippen LogP contribution in [0.5, 0.6) is 0 Å². The molecular weight excluding hydrogens is 354 g/mol. The Labute approximate surface area is 115 Å². The standard InChI is InChI=1S/C11H11Br2NOS/c1-7(9-3-4-10(12)15-9)14-6-8-2-5-11(13)16-8/h2-5,7,14H,6H2,1H3. The molecule has 0 saturated heterocycles. The lowest BCUT2D eigenvalue weighted by molar-refractivity contribution is 0.419. The van der Waals surface area contributed by atoms with Crippen molar-refractivity contribution in [2.24, 2.45) is 0 Å². The minimum absolute atomic E-state index is 0.215. The Hall–Kier alpha value is -0.100. The summed E-state index contributed by atoms with van der Waals surface area (Å²) in [4.78, 5) is 1.31. The smallest absolute Gasteiger partial charge is 0.169 e. The second-order valence-electron chi connectivity index (χ2n) is 3.45. The normalized spacial score (nSPS) is 12.9. The molecule has 0 aliphatic rings. The van der Waals surface area contributed by atoms with Crippen molar-refractivity contribution in [2.75, 3.05) is 0 Å². The Morgan fingerprint density at radius 3 is 2.69 bits per heavy atom. The number of halogens is 2. The average molecular weight is 365 g/mol. The van der Waals surface area contributed by atoms with Crippen LogP contribution >= 0.6 is 43.2 Å². The highest BCUT2D eigenvalue weighted by molar-refractivity contribution is 9.11. The van der Waals surface area contributed by atoms with E-state index in [0.717, 1.165) is 20.8 Å². The van der Waals surface area contributed by atoms with E-state index in [1.807, 2.05) is 12.1 Å². The molecule has 0 spiro atoms. The molecule has 0 aliphatic carbocycles.